The van der Waals surface area contributed by atoms with Crippen molar-refractivity contribution in [1.82, 2.24) is 0 Å². The molecule has 144 valence electrons. The number of rotatable bonds is 15. The summed E-state index contributed by atoms with van der Waals surface area (Å²) in [5.41, 5.74) is 0. The number of esters is 1. The second-order valence-corrected chi connectivity index (χ2v) is 8.21. The zero-order chi connectivity index (χ0) is 18.4. The molecule has 2 unspecified atom stereocenters. The number of carbonyl (C=O) groups is 1. The zero-order valence-electron chi connectivity index (χ0n) is 15.6. The maximum Gasteiger partial charge on any atom is 0.326 e. The van der Waals surface area contributed by atoms with E-state index in [0.29, 0.717) is 6.42 Å². The molecule has 0 fully saturated rings. The number of carbonyl (C=O) groups excluding carboxylic acids is 1. The van der Waals surface area contributed by atoms with Crippen LogP contribution < -0.4 is 0 Å². The monoisotopic (exact) mass is 364 g/mol. The molecule has 0 amide bonds. The van der Waals surface area contributed by atoms with Crippen LogP contribution >= 0.6 is 0 Å². The van der Waals surface area contributed by atoms with Gasteiger partial charge in [0.2, 0.25) is 0 Å². The lowest BCUT2D eigenvalue weighted by Crippen LogP contribution is -2.32. The smallest absolute Gasteiger partial charge is 0.326 e. The highest BCUT2D eigenvalue weighted by Crippen LogP contribution is 2.17. The molecule has 0 aromatic rings. The lowest BCUT2D eigenvalue weighted by atomic mass is 10.0. The van der Waals surface area contributed by atoms with Gasteiger partial charge in [-0.1, -0.05) is 78.6 Å². The van der Waals surface area contributed by atoms with Gasteiger partial charge in [-0.25, -0.2) is 0 Å². The van der Waals surface area contributed by atoms with Crippen LogP contribution in [0.5, 0.6) is 0 Å². The molecule has 24 heavy (non-hydrogen) atoms. The molecule has 0 aromatic carbocycles. The Morgan fingerprint density at radius 3 is 2.04 bits per heavy atom. The Kier molecular flexibility index (Phi) is 13.3. The van der Waals surface area contributed by atoms with E-state index in [9.17, 15) is 17.8 Å². The lowest BCUT2D eigenvalue weighted by Gasteiger charge is -2.17. The molecule has 1 N–H and O–H groups in total. The summed E-state index contributed by atoms with van der Waals surface area (Å²) in [4.78, 5) is 12.1. The van der Waals surface area contributed by atoms with Crippen molar-refractivity contribution in [3.63, 3.8) is 0 Å². The predicted molar refractivity (Wildman–Crippen MR) is 97.6 cm³/mol. The summed E-state index contributed by atoms with van der Waals surface area (Å²) < 4.78 is 37.5. The van der Waals surface area contributed by atoms with Gasteiger partial charge in [-0.15, -0.1) is 0 Å². The summed E-state index contributed by atoms with van der Waals surface area (Å²) in [6.45, 7) is 6.50. The van der Waals surface area contributed by atoms with E-state index in [-0.39, 0.29) is 18.9 Å². The molecule has 0 radical (unpaired) electrons. The highest BCUT2D eigenvalue weighted by atomic mass is 32.2. The molecule has 0 saturated carbocycles. The highest BCUT2D eigenvalue weighted by molar-refractivity contribution is 7.87. The number of unbranched alkanes of at least 4 members (excludes halogenated alkanes) is 6. The summed E-state index contributed by atoms with van der Waals surface area (Å²) in [7, 11) is -4.41. The quantitative estimate of drug-likeness (QED) is 0.257. The summed E-state index contributed by atoms with van der Waals surface area (Å²) in [6, 6.07) is 0. The van der Waals surface area contributed by atoms with E-state index < -0.39 is 21.3 Å². The fraction of sp³-hybridized carbons (Fsp3) is 0.944. The average molecular weight is 365 g/mol. The van der Waals surface area contributed by atoms with Gasteiger partial charge in [0, 0.05) is 0 Å². The molecule has 0 heterocycles. The first-order valence-electron chi connectivity index (χ1n) is 9.49. The molecule has 0 aromatic heterocycles. The molecular weight excluding hydrogens is 328 g/mol. The Bertz CT molecular complexity index is 419. The predicted octanol–water partition coefficient (Wildman–Crippen LogP) is 4.75. The first kappa shape index (κ1) is 23.4. The van der Waals surface area contributed by atoms with Crippen LogP contribution in [0.2, 0.25) is 0 Å². The van der Waals surface area contributed by atoms with E-state index in [1.165, 1.54) is 6.42 Å². The van der Waals surface area contributed by atoms with Crippen molar-refractivity contribution in [2.45, 2.75) is 96.7 Å². The fourth-order valence-corrected chi connectivity index (χ4v) is 3.47. The van der Waals surface area contributed by atoms with Crippen molar-refractivity contribution in [2.75, 3.05) is 6.61 Å². The Hall–Kier alpha value is -0.620. The average Bonchev–Trinajstić information content (AvgIpc) is 2.53. The first-order valence-corrected chi connectivity index (χ1v) is 11.0. The standard InChI is InChI=1S/C18H36O5S/c1-4-7-9-10-11-12-14-17(24(20,21)22)18(19)23-15-16(6-3)13-8-5-2/h16-17H,4-15H2,1-3H3,(H,20,21,22). The van der Waals surface area contributed by atoms with Crippen molar-refractivity contribution >= 4 is 16.1 Å². The SMILES string of the molecule is CCCCCCCCC(C(=O)OCC(CC)CCCC)S(=O)(=O)O. The highest BCUT2D eigenvalue weighted by Gasteiger charge is 2.32. The Morgan fingerprint density at radius 2 is 1.50 bits per heavy atom. The van der Waals surface area contributed by atoms with Gasteiger partial charge >= 0.3 is 5.97 Å². The minimum atomic E-state index is -4.41. The molecule has 0 saturated heterocycles. The number of hydrogen-bond acceptors (Lipinski definition) is 4. The van der Waals surface area contributed by atoms with Crippen molar-refractivity contribution in [2.24, 2.45) is 5.92 Å². The van der Waals surface area contributed by atoms with Gasteiger partial charge in [0.05, 0.1) is 6.61 Å². The summed E-state index contributed by atoms with van der Waals surface area (Å²) in [5.74, 6) is -0.550. The summed E-state index contributed by atoms with van der Waals surface area (Å²) in [6.07, 6.45) is 10.1. The normalized spacial score (nSPS) is 14.3. The van der Waals surface area contributed by atoms with Crippen LogP contribution in [0.1, 0.15) is 91.4 Å². The Labute approximate surface area is 148 Å². The first-order chi connectivity index (χ1) is 11.4. The van der Waals surface area contributed by atoms with Gasteiger partial charge in [-0.3, -0.25) is 9.35 Å². The fourth-order valence-electron chi connectivity index (χ4n) is 2.69. The molecule has 5 nitrogen and oxygen atoms in total. The number of ether oxygens (including phenoxy) is 1. The van der Waals surface area contributed by atoms with Crippen LogP contribution in [0.3, 0.4) is 0 Å². The van der Waals surface area contributed by atoms with E-state index >= 15 is 0 Å². The summed E-state index contributed by atoms with van der Waals surface area (Å²) in [5, 5.41) is -1.44. The third-order valence-electron chi connectivity index (χ3n) is 4.45. The maximum atomic E-state index is 12.1. The Morgan fingerprint density at radius 1 is 0.917 bits per heavy atom. The van der Waals surface area contributed by atoms with Gasteiger partial charge in [-0.2, -0.15) is 8.42 Å². The third kappa shape index (κ3) is 11.0. The summed E-state index contributed by atoms with van der Waals surface area (Å²) >= 11 is 0. The molecular formula is C18H36O5S. The molecule has 0 spiro atoms. The maximum absolute atomic E-state index is 12.1. The minimum Gasteiger partial charge on any atom is -0.464 e. The van der Waals surface area contributed by atoms with Crippen LogP contribution in [-0.2, 0) is 19.6 Å². The van der Waals surface area contributed by atoms with Crippen LogP contribution in [0.4, 0.5) is 0 Å². The van der Waals surface area contributed by atoms with Gasteiger partial charge in [0.25, 0.3) is 10.1 Å². The lowest BCUT2D eigenvalue weighted by molar-refractivity contribution is -0.144. The van der Waals surface area contributed by atoms with E-state index in [2.05, 4.69) is 13.8 Å². The molecule has 0 aliphatic carbocycles. The molecule has 0 aliphatic heterocycles. The van der Waals surface area contributed by atoms with Gasteiger partial charge < -0.3 is 4.74 Å². The van der Waals surface area contributed by atoms with E-state index in [4.69, 9.17) is 4.74 Å². The van der Waals surface area contributed by atoms with Crippen molar-refractivity contribution in [1.29, 1.82) is 0 Å². The van der Waals surface area contributed by atoms with Gasteiger partial charge in [0.1, 0.15) is 0 Å². The molecule has 6 heteroatoms. The molecule has 0 aliphatic rings. The topological polar surface area (TPSA) is 80.7 Å². The zero-order valence-corrected chi connectivity index (χ0v) is 16.4. The second-order valence-electron chi connectivity index (χ2n) is 6.61. The van der Waals surface area contributed by atoms with Crippen LogP contribution in [0.15, 0.2) is 0 Å². The largest absolute Gasteiger partial charge is 0.464 e. The van der Waals surface area contributed by atoms with Crippen LogP contribution in [0, 0.1) is 5.92 Å². The van der Waals surface area contributed by atoms with Gasteiger partial charge in [0.15, 0.2) is 5.25 Å². The van der Waals surface area contributed by atoms with Crippen LogP contribution in [0.25, 0.3) is 0 Å². The Balaban J connectivity index is 4.36. The molecule has 2 atom stereocenters. The number of hydrogen-bond donors (Lipinski definition) is 1. The van der Waals surface area contributed by atoms with Crippen LogP contribution in [-0.4, -0.2) is 30.8 Å². The van der Waals surface area contributed by atoms with E-state index in [1.807, 2.05) is 6.92 Å². The van der Waals surface area contributed by atoms with E-state index in [0.717, 1.165) is 51.4 Å². The van der Waals surface area contributed by atoms with Gasteiger partial charge in [-0.05, 0) is 18.8 Å². The second kappa shape index (κ2) is 13.6. The third-order valence-corrected chi connectivity index (χ3v) is 5.59. The van der Waals surface area contributed by atoms with Crippen molar-refractivity contribution in [3.05, 3.63) is 0 Å². The minimum absolute atomic E-state index is 0.134. The molecule has 0 bridgehead atoms. The van der Waals surface area contributed by atoms with Crippen molar-refractivity contribution < 1.29 is 22.5 Å². The van der Waals surface area contributed by atoms with E-state index in [1.54, 1.807) is 0 Å². The van der Waals surface area contributed by atoms with Crippen molar-refractivity contribution in [3.8, 4) is 0 Å². The molecule has 0 rings (SSSR count).